The summed E-state index contributed by atoms with van der Waals surface area (Å²) in [5.41, 5.74) is 2.63. The van der Waals surface area contributed by atoms with Gasteiger partial charge in [-0.05, 0) is 42.2 Å². The van der Waals surface area contributed by atoms with Crippen LogP contribution in [0, 0.1) is 0 Å². The molecular formula is C12H15ClOS. The molecule has 0 aliphatic carbocycles. The van der Waals surface area contributed by atoms with Gasteiger partial charge in [-0.15, -0.1) is 23.4 Å². The van der Waals surface area contributed by atoms with E-state index in [4.69, 9.17) is 11.6 Å². The lowest BCUT2D eigenvalue weighted by Crippen LogP contribution is -2.12. The summed E-state index contributed by atoms with van der Waals surface area (Å²) in [5.74, 6) is 1.54. The summed E-state index contributed by atoms with van der Waals surface area (Å²) in [7, 11) is 0. The van der Waals surface area contributed by atoms with E-state index in [1.807, 2.05) is 11.8 Å². The smallest absolute Gasteiger partial charge is 0.0715 e. The van der Waals surface area contributed by atoms with Crippen LogP contribution in [0.2, 0.25) is 0 Å². The van der Waals surface area contributed by atoms with Crippen LogP contribution in [0.15, 0.2) is 23.1 Å². The Kier molecular flexibility index (Phi) is 3.95. The predicted molar refractivity (Wildman–Crippen MR) is 65.9 cm³/mol. The maximum Gasteiger partial charge on any atom is 0.0715 e. The molecule has 0 amide bonds. The Balaban J connectivity index is 2.13. The van der Waals surface area contributed by atoms with Crippen molar-refractivity contribution in [3.8, 4) is 0 Å². The largest absolute Gasteiger partial charge is 0.392 e. The molecule has 1 aromatic rings. The maximum absolute atomic E-state index is 9.48. The number of fused-ring (bicyclic) bond motifs is 1. The Bertz CT molecular complexity index is 340. The molecule has 1 aliphatic heterocycles. The second-order valence-corrected chi connectivity index (χ2v) is 5.35. The lowest BCUT2D eigenvalue weighted by atomic mass is 10.0. The van der Waals surface area contributed by atoms with Crippen LogP contribution in [0.1, 0.15) is 17.5 Å². The van der Waals surface area contributed by atoms with E-state index in [0.717, 1.165) is 0 Å². The molecule has 0 saturated carbocycles. The van der Waals surface area contributed by atoms with E-state index < -0.39 is 6.10 Å². The molecule has 0 saturated heterocycles. The number of halogens is 1. The number of rotatable bonds is 3. The zero-order chi connectivity index (χ0) is 10.7. The standard InChI is InChI=1S/C12H15ClOS/c13-8-11(14)7-9-3-4-12-10(6-9)2-1-5-15-12/h3-4,6,11,14H,1-2,5,7-8H2. The zero-order valence-corrected chi connectivity index (χ0v) is 10.2. The van der Waals surface area contributed by atoms with Gasteiger partial charge in [0.15, 0.2) is 0 Å². The van der Waals surface area contributed by atoms with Gasteiger partial charge >= 0.3 is 0 Å². The number of benzene rings is 1. The average Bonchev–Trinajstić information content (AvgIpc) is 2.29. The van der Waals surface area contributed by atoms with Crippen molar-refractivity contribution in [2.45, 2.75) is 30.3 Å². The van der Waals surface area contributed by atoms with E-state index in [-0.39, 0.29) is 0 Å². The van der Waals surface area contributed by atoms with Gasteiger partial charge in [0.2, 0.25) is 0 Å². The van der Waals surface area contributed by atoms with Crippen LogP contribution in [0.5, 0.6) is 0 Å². The lowest BCUT2D eigenvalue weighted by Gasteiger charge is -2.16. The third-order valence-corrected chi connectivity index (χ3v) is 4.18. The summed E-state index contributed by atoms with van der Waals surface area (Å²) in [5, 5.41) is 9.48. The second-order valence-electron chi connectivity index (χ2n) is 3.91. The van der Waals surface area contributed by atoms with Crippen LogP contribution in [-0.2, 0) is 12.8 Å². The van der Waals surface area contributed by atoms with E-state index >= 15 is 0 Å². The Labute approximate surface area is 99.8 Å². The van der Waals surface area contributed by atoms with Gasteiger partial charge in [0.05, 0.1) is 6.10 Å². The van der Waals surface area contributed by atoms with Gasteiger partial charge < -0.3 is 5.11 Å². The van der Waals surface area contributed by atoms with Crippen LogP contribution in [0.25, 0.3) is 0 Å². The highest BCUT2D eigenvalue weighted by Gasteiger charge is 2.11. The van der Waals surface area contributed by atoms with E-state index in [9.17, 15) is 5.11 Å². The zero-order valence-electron chi connectivity index (χ0n) is 8.58. The van der Waals surface area contributed by atoms with Gasteiger partial charge in [-0.1, -0.05) is 12.1 Å². The Morgan fingerprint density at radius 2 is 2.33 bits per heavy atom. The number of aryl methyl sites for hydroxylation is 1. The summed E-state index contributed by atoms with van der Waals surface area (Å²) in [6.07, 6.45) is 2.69. The highest BCUT2D eigenvalue weighted by Crippen LogP contribution is 2.30. The molecule has 1 heterocycles. The first kappa shape index (κ1) is 11.3. The number of thioether (sulfide) groups is 1. The molecule has 2 rings (SSSR count). The van der Waals surface area contributed by atoms with Crippen molar-refractivity contribution in [2.24, 2.45) is 0 Å². The van der Waals surface area contributed by atoms with Crippen LogP contribution < -0.4 is 0 Å². The number of aliphatic hydroxyl groups excluding tert-OH is 1. The van der Waals surface area contributed by atoms with Crippen molar-refractivity contribution in [3.63, 3.8) is 0 Å². The van der Waals surface area contributed by atoms with E-state index in [2.05, 4.69) is 18.2 Å². The fourth-order valence-electron chi connectivity index (χ4n) is 1.87. The molecule has 15 heavy (non-hydrogen) atoms. The van der Waals surface area contributed by atoms with Gasteiger partial charge in [0.1, 0.15) is 0 Å². The Morgan fingerprint density at radius 3 is 3.13 bits per heavy atom. The number of aliphatic hydroxyl groups is 1. The first-order valence-corrected chi connectivity index (χ1v) is 6.80. The molecule has 1 N–H and O–H groups in total. The predicted octanol–water partition coefficient (Wildman–Crippen LogP) is 2.87. The molecule has 1 aliphatic rings. The Hall–Kier alpha value is -0.180. The molecule has 0 aromatic heterocycles. The van der Waals surface area contributed by atoms with Crippen LogP contribution in [-0.4, -0.2) is 22.8 Å². The van der Waals surface area contributed by atoms with Crippen molar-refractivity contribution in [2.75, 3.05) is 11.6 Å². The second kappa shape index (κ2) is 5.24. The summed E-state index contributed by atoms with van der Waals surface area (Å²) >= 11 is 7.52. The van der Waals surface area contributed by atoms with E-state index in [1.54, 1.807) is 0 Å². The quantitative estimate of drug-likeness (QED) is 0.823. The van der Waals surface area contributed by atoms with Gasteiger partial charge in [0.25, 0.3) is 0 Å². The normalized spacial score (nSPS) is 17.2. The number of alkyl halides is 1. The molecule has 0 radical (unpaired) electrons. The Morgan fingerprint density at radius 1 is 1.47 bits per heavy atom. The highest BCUT2D eigenvalue weighted by molar-refractivity contribution is 7.99. The SMILES string of the molecule is OC(CCl)Cc1ccc2c(c1)CCCS2. The van der Waals surface area contributed by atoms with Crippen molar-refractivity contribution in [3.05, 3.63) is 29.3 Å². The molecule has 0 bridgehead atoms. The van der Waals surface area contributed by atoms with Crippen LogP contribution >= 0.6 is 23.4 Å². The third kappa shape index (κ3) is 2.90. The molecule has 1 atom stereocenters. The van der Waals surface area contributed by atoms with Crippen molar-refractivity contribution < 1.29 is 5.11 Å². The van der Waals surface area contributed by atoms with Gasteiger partial charge in [-0.2, -0.15) is 0 Å². The van der Waals surface area contributed by atoms with Gasteiger partial charge in [0, 0.05) is 10.8 Å². The molecule has 82 valence electrons. The fourth-order valence-corrected chi connectivity index (χ4v) is 3.00. The van der Waals surface area contributed by atoms with Gasteiger partial charge in [-0.3, -0.25) is 0 Å². The number of hydrogen-bond donors (Lipinski definition) is 1. The first-order chi connectivity index (χ1) is 7.29. The molecule has 1 aromatic carbocycles. The lowest BCUT2D eigenvalue weighted by molar-refractivity contribution is 0.198. The topological polar surface area (TPSA) is 20.2 Å². The average molecular weight is 243 g/mol. The third-order valence-electron chi connectivity index (χ3n) is 2.62. The van der Waals surface area contributed by atoms with E-state index in [0.29, 0.717) is 12.3 Å². The molecule has 1 nitrogen and oxygen atoms in total. The highest BCUT2D eigenvalue weighted by atomic mass is 35.5. The van der Waals surface area contributed by atoms with Gasteiger partial charge in [-0.25, -0.2) is 0 Å². The minimum atomic E-state index is -0.416. The molecular weight excluding hydrogens is 228 g/mol. The summed E-state index contributed by atoms with van der Waals surface area (Å²) in [6.45, 7) is 0. The maximum atomic E-state index is 9.48. The minimum absolute atomic E-state index is 0.311. The van der Waals surface area contributed by atoms with Crippen molar-refractivity contribution in [1.82, 2.24) is 0 Å². The first-order valence-electron chi connectivity index (χ1n) is 5.28. The van der Waals surface area contributed by atoms with Crippen LogP contribution in [0.3, 0.4) is 0 Å². The molecule has 0 spiro atoms. The van der Waals surface area contributed by atoms with E-state index in [1.165, 1.54) is 34.6 Å². The monoisotopic (exact) mass is 242 g/mol. The molecule has 1 unspecified atom stereocenters. The van der Waals surface area contributed by atoms with Crippen molar-refractivity contribution >= 4 is 23.4 Å². The van der Waals surface area contributed by atoms with Crippen LogP contribution in [0.4, 0.5) is 0 Å². The molecule has 0 fully saturated rings. The summed E-state index contributed by atoms with van der Waals surface area (Å²) in [4.78, 5) is 1.41. The van der Waals surface area contributed by atoms with Crippen molar-refractivity contribution in [1.29, 1.82) is 0 Å². The minimum Gasteiger partial charge on any atom is -0.392 e. The fraction of sp³-hybridized carbons (Fsp3) is 0.500. The number of hydrogen-bond acceptors (Lipinski definition) is 2. The summed E-state index contributed by atoms with van der Waals surface area (Å²) in [6, 6.07) is 6.50. The summed E-state index contributed by atoms with van der Waals surface area (Å²) < 4.78 is 0. The molecule has 3 heteroatoms.